The third kappa shape index (κ3) is 7.61. The van der Waals surface area contributed by atoms with E-state index in [4.69, 9.17) is 10.8 Å². The molecule has 1 aliphatic carbocycles. The number of anilines is 1. The van der Waals surface area contributed by atoms with Crippen molar-refractivity contribution < 1.29 is 5.11 Å². The minimum absolute atomic E-state index is 0.273. The number of fused-ring (bicyclic) bond motifs is 1. The largest absolute Gasteiger partial charge is 0.396 e. The molecular formula is C23H38N6OS. The van der Waals surface area contributed by atoms with Crippen molar-refractivity contribution in [3.63, 3.8) is 0 Å². The van der Waals surface area contributed by atoms with Gasteiger partial charge in [-0.05, 0) is 50.4 Å². The van der Waals surface area contributed by atoms with Gasteiger partial charge in [-0.3, -0.25) is 0 Å². The van der Waals surface area contributed by atoms with Gasteiger partial charge < -0.3 is 10.8 Å². The van der Waals surface area contributed by atoms with Crippen molar-refractivity contribution in [2.75, 3.05) is 18.1 Å². The van der Waals surface area contributed by atoms with Crippen molar-refractivity contribution in [3.05, 3.63) is 24.8 Å². The third-order valence-electron chi connectivity index (χ3n) is 5.62. The first-order valence-electron chi connectivity index (χ1n) is 11.4. The second-order valence-corrected chi connectivity index (χ2v) is 9.21. The average Bonchev–Trinajstić information content (AvgIpc) is 3.42. The maximum Gasteiger partial charge on any atom is 0.191 e. The molecule has 3 N–H and O–H groups in total. The molecule has 7 nitrogen and oxygen atoms in total. The van der Waals surface area contributed by atoms with E-state index in [0.29, 0.717) is 34.4 Å². The smallest absolute Gasteiger partial charge is 0.191 e. The molecule has 172 valence electrons. The molecule has 0 aliphatic heterocycles. The summed E-state index contributed by atoms with van der Waals surface area (Å²) < 4.78 is 1.93. The molecule has 0 amide bonds. The van der Waals surface area contributed by atoms with Crippen LogP contribution in [0.3, 0.4) is 0 Å². The predicted octanol–water partition coefficient (Wildman–Crippen LogP) is 5.19. The second-order valence-electron chi connectivity index (χ2n) is 8.15. The topological polar surface area (TPSA) is 103 Å². The highest BCUT2D eigenvalue weighted by Crippen LogP contribution is 2.38. The molecule has 2 heterocycles. The summed E-state index contributed by atoms with van der Waals surface area (Å²) in [6.45, 7) is 10.4. The number of rotatable bonds is 10. The first-order chi connectivity index (χ1) is 15.0. The van der Waals surface area contributed by atoms with E-state index in [9.17, 15) is 0 Å². The van der Waals surface area contributed by atoms with Crippen LogP contribution in [0, 0.1) is 11.8 Å². The highest BCUT2D eigenvalue weighted by molar-refractivity contribution is 7.99. The molecule has 3 rings (SSSR count). The number of aliphatic hydroxyl groups is 1. The summed E-state index contributed by atoms with van der Waals surface area (Å²) in [4.78, 5) is 8.96. The van der Waals surface area contributed by atoms with Crippen LogP contribution in [-0.4, -0.2) is 42.4 Å². The fraction of sp³-hybridized carbons (Fsp3) is 0.652. The number of aromatic nitrogens is 5. The molecule has 3 atom stereocenters. The lowest BCUT2D eigenvalue weighted by Gasteiger charge is -2.12. The zero-order valence-electron chi connectivity index (χ0n) is 19.2. The van der Waals surface area contributed by atoms with Gasteiger partial charge in [-0.1, -0.05) is 69.0 Å². The molecule has 0 aromatic carbocycles. The molecule has 31 heavy (non-hydrogen) atoms. The third-order valence-corrected chi connectivity index (χ3v) is 6.67. The maximum absolute atomic E-state index is 8.99. The zero-order valence-corrected chi connectivity index (χ0v) is 20.0. The van der Waals surface area contributed by atoms with Crippen molar-refractivity contribution >= 4 is 28.7 Å². The van der Waals surface area contributed by atoms with Gasteiger partial charge in [0.05, 0.1) is 6.04 Å². The molecule has 2 aromatic rings. The van der Waals surface area contributed by atoms with Crippen LogP contribution in [-0.2, 0) is 0 Å². The van der Waals surface area contributed by atoms with E-state index in [1.165, 1.54) is 12.8 Å². The SMILES string of the molecule is C=C/C=C/C(C)CC.CCCSc1nc(N)c2nnn(C3CCC(CCCO)C3)c2n1. The quantitative estimate of drug-likeness (QED) is 0.294. The van der Waals surface area contributed by atoms with Crippen LogP contribution >= 0.6 is 11.8 Å². The van der Waals surface area contributed by atoms with Crippen molar-refractivity contribution in [3.8, 4) is 0 Å². The molecule has 0 saturated heterocycles. The van der Waals surface area contributed by atoms with E-state index in [1.54, 1.807) is 11.8 Å². The van der Waals surface area contributed by atoms with Crippen LogP contribution in [0.5, 0.6) is 0 Å². The normalized spacial score (nSPS) is 19.5. The van der Waals surface area contributed by atoms with Crippen LogP contribution in [0.1, 0.15) is 71.8 Å². The van der Waals surface area contributed by atoms with E-state index in [-0.39, 0.29) is 6.61 Å². The second kappa shape index (κ2) is 13.5. The van der Waals surface area contributed by atoms with Gasteiger partial charge in [-0.25, -0.2) is 14.6 Å². The first-order valence-corrected chi connectivity index (χ1v) is 12.4. The summed E-state index contributed by atoms with van der Waals surface area (Å²) in [6, 6.07) is 0.321. The van der Waals surface area contributed by atoms with E-state index >= 15 is 0 Å². The number of nitrogen functional groups attached to an aromatic ring is 1. The number of aliphatic hydroxyl groups excluding tert-OH is 1. The Kier molecular flexibility index (Phi) is 11.0. The Morgan fingerprint density at radius 2 is 2.13 bits per heavy atom. The van der Waals surface area contributed by atoms with Crippen LogP contribution in [0.25, 0.3) is 11.2 Å². The van der Waals surface area contributed by atoms with Gasteiger partial charge in [0.15, 0.2) is 22.1 Å². The van der Waals surface area contributed by atoms with Crippen LogP contribution < -0.4 is 5.73 Å². The molecule has 1 saturated carbocycles. The Labute approximate surface area is 190 Å². The van der Waals surface area contributed by atoms with Crippen molar-refractivity contribution in [1.82, 2.24) is 25.0 Å². The fourth-order valence-corrected chi connectivity index (χ4v) is 4.35. The summed E-state index contributed by atoms with van der Waals surface area (Å²) in [5.41, 5.74) is 7.38. The maximum atomic E-state index is 8.99. The molecule has 0 spiro atoms. The van der Waals surface area contributed by atoms with Gasteiger partial charge in [-0.15, -0.1) is 5.10 Å². The zero-order chi connectivity index (χ0) is 22.6. The number of hydrogen-bond donors (Lipinski definition) is 2. The monoisotopic (exact) mass is 446 g/mol. The van der Waals surface area contributed by atoms with E-state index in [1.807, 2.05) is 16.8 Å². The lowest BCUT2D eigenvalue weighted by atomic mass is 10.0. The van der Waals surface area contributed by atoms with Gasteiger partial charge in [0, 0.05) is 12.4 Å². The molecule has 1 aliphatic rings. The molecule has 1 fully saturated rings. The number of nitrogens with two attached hydrogens (primary N) is 1. The minimum Gasteiger partial charge on any atom is -0.396 e. The Morgan fingerprint density at radius 1 is 1.32 bits per heavy atom. The average molecular weight is 447 g/mol. The Balaban J connectivity index is 0.000000366. The minimum atomic E-state index is 0.273. The van der Waals surface area contributed by atoms with Crippen molar-refractivity contribution in [2.45, 2.75) is 76.9 Å². The first kappa shape index (κ1) is 25.3. The highest BCUT2D eigenvalue weighted by atomic mass is 32.2. The van der Waals surface area contributed by atoms with Gasteiger partial charge in [0.2, 0.25) is 0 Å². The summed E-state index contributed by atoms with van der Waals surface area (Å²) in [5.74, 6) is 2.74. The number of thioether (sulfide) groups is 1. The highest BCUT2D eigenvalue weighted by Gasteiger charge is 2.28. The van der Waals surface area contributed by atoms with Crippen molar-refractivity contribution in [1.29, 1.82) is 0 Å². The van der Waals surface area contributed by atoms with Crippen LogP contribution in [0.4, 0.5) is 5.82 Å². The van der Waals surface area contributed by atoms with Gasteiger partial charge in [-0.2, -0.15) is 0 Å². The predicted molar refractivity (Wildman–Crippen MR) is 130 cm³/mol. The molecule has 8 heteroatoms. The standard InChI is InChI=1S/C15H24N6OS.C8H14/c1-2-8-23-15-17-13(16)12-14(18-15)21(20-19-12)11-6-5-10(9-11)4-3-7-22;1-4-6-7-8(3)5-2/h10-11,22H,2-9H2,1H3,(H2,16,17,18);4,6-8H,1,5H2,2-3H3/b;7-6+. The number of nitrogens with zero attached hydrogens (tertiary/aromatic N) is 5. The van der Waals surface area contributed by atoms with E-state index < -0.39 is 0 Å². The Hall–Kier alpha value is -1.93. The van der Waals surface area contributed by atoms with Crippen LogP contribution in [0.15, 0.2) is 30.0 Å². The van der Waals surface area contributed by atoms with Gasteiger partial charge in [0.25, 0.3) is 0 Å². The number of hydrogen-bond acceptors (Lipinski definition) is 7. The lowest BCUT2D eigenvalue weighted by molar-refractivity contribution is 0.270. The summed E-state index contributed by atoms with van der Waals surface area (Å²) in [5, 5.41) is 18.2. The van der Waals surface area contributed by atoms with Crippen LogP contribution in [0.2, 0.25) is 0 Å². The lowest BCUT2D eigenvalue weighted by Crippen LogP contribution is -2.09. The van der Waals surface area contributed by atoms with E-state index in [2.05, 4.69) is 53.7 Å². The van der Waals surface area contributed by atoms with Gasteiger partial charge in [0.1, 0.15) is 0 Å². The Morgan fingerprint density at radius 3 is 2.81 bits per heavy atom. The molecule has 2 aromatic heterocycles. The molecular weight excluding hydrogens is 408 g/mol. The molecule has 0 bridgehead atoms. The fourth-order valence-electron chi connectivity index (χ4n) is 3.65. The summed E-state index contributed by atoms with van der Waals surface area (Å²) in [7, 11) is 0. The molecule has 0 radical (unpaired) electrons. The molecule has 3 unspecified atom stereocenters. The van der Waals surface area contributed by atoms with Gasteiger partial charge >= 0.3 is 0 Å². The van der Waals surface area contributed by atoms with E-state index in [0.717, 1.165) is 43.5 Å². The summed E-state index contributed by atoms with van der Waals surface area (Å²) >= 11 is 1.62. The van der Waals surface area contributed by atoms with Crippen molar-refractivity contribution in [2.24, 2.45) is 11.8 Å². The number of allylic oxidation sites excluding steroid dienone is 3. The summed E-state index contributed by atoms with van der Waals surface area (Å²) in [6.07, 6.45) is 13.5. The Bertz CT molecular complexity index is 837.